The first kappa shape index (κ1) is 12.6. The Labute approximate surface area is 107 Å². The van der Waals surface area contributed by atoms with Crippen molar-refractivity contribution in [2.45, 2.75) is 24.7 Å². The molecule has 0 spiro atoms. The van der Waals surface area contributed by atoms with Crippen LogP contribution >= 0.6 is 11.8 Å². The Hall–Kier alpha value is -1.90. The molecule has 1 N–H and O–H groups in total. The number of hydrogen-bond donors (Lipinski definition) is 1. The molecule has 18 heavy (non-hydrogen) atoms. The molecule has 0 fully saturated rings. The predicted octanol–water partition coefficient (Wildman–Crippen LogP) is 0.307. The van der Waals surface area contributed by atoms with Crippen LogP contribution in [0.25, 0.3) is 0 Å². The molecule has 0 aliphatic heterocycles. The van der Waals surface area contributed by atoms with Crippen LogP contribution in [-0.2, 0) is 11.3 Å². The molecule has 9 heteroatoms. The van der Waals surface area contributed by atoms with E-state index in [-0.39, 0.29) is 11.8 Å². The van der Waals surface area contributed by atoms with Crippen molar-refractivity contribution in [3.63, 3.8) is 0 Å². The average molecular weight is 268 g/mol. The number of tetrazole rings is 1. The fourth-order valence-electron chi connectivity index (χ4n) is 1.46. The number of carboxylic acid groups (broad SMARTS) is 1. The lowest BCUT2D eigenvalue weighted by atomic mass is 10.3. The van der Waals surface area contributed by atoms with Crippen LogP contribution in [0.1, 0.15) is 13.0 Å². The predicted molar refractivity (Wildman–Crippen MR) is 63.1 cm³/mol. The number of nitrogens with zero attached hydrogens (tertiary/aromatic N) is 6. The lowest BCUT2D eigenvalue weighted by Crippen LogP contribution is -2.15. The van der Waals surface area contributed by atoms with Crippen molar-refractivity contribution in [3.8, 4) is 0 Å². The van der Waals surface area contributed by atoms with Crippen LogP contribution in [-0.4, -0.2) is 46.6 Å². The molecule has 0 saturated heterocycles. The molecule has 0 bridgehead atoms. The lowest BCUT2D eigenvalue weighted by molar-refractivity contribution is -0.133. The van der Waals surface area contributed by atoms with E-state index in [1.54, 1.807) is 17.2 Å². The summed E-state index contributed by atoms with van der Waals surface area (Å²) in [5, 5.41) is 20.4. The quantitative estimate of drug-likeness (QED) is 0.752. The SMILES string of the molecule is CC(Cn1ccnc1)n1nnnc1SCC(=O)O. The van der Waals surface area contributed by atoms with Crippen molar-refractivity contribution in [3.05, 3.63) is 18.7 Å². The van der Waals surface area contributed by atoms with E-state index in [9.17, 15) is 4.79 Å². The van der Waals surface area contributed by atoms with E-state index in [1.807, 2.05) is 17.7 Å². The third-order valence-electron chi connectivity index (χ3n) is 2.24. The maximum atomic E-state index is 10.5. The summed E-state index contributed by atoms with van der Waals surface area (Å²) in [6.45, 7) is 2.63. The molecule has 1 atom stereocenters. The van der Waals surface area contributed by atoms with Crippen molar-refractivity contribution in [2.75, 3.05) is 5.75 Å². The van der Waals surface area contributed by atoms with Gasteiger partial charge in [0.2, 0.25) is 5.16 Å². The monoisotopic (exact) mass is 268 g/mol. The molecule has 2 heterocycles. The summed E-state index contributed by atoms with van der Waals surface area (Å²) in [5.41, 5.74) is 0. The Morgan fingerprint density at radius 1 is 1.61 bits per heavy atom. The zero-order chi connectivity index (χ0) is 13.0. The Morgan fingerprint density at radius 2 is 2.44 bits per heavy atom. The summed E-state index contributed by atoms with van der Waals surface area (Å²) in [7, 11) is 0. The van der Waals surface area contributed by atoms with E-state index < -0.39 is 5.97 Å². The first-order chi connectivity index (χ1) is 8.66. The van der Waals surface area contributed by atoms with Gasteiger partial charge in [-0.3, -0.25) is 4.79 Å². The Morgan fingerprint density at radius 3 is 3.11 bits per heavy atom. The molecule has 0 saturated carbocycles. The molecule has 8 nitrogen and oxygen atoms in total. The largest absolute Gasteiger partial charge is 0.481 e. The van der Waals surface area contributed by atoms with Gasteiger partial charge in [0.1, 0.15) is 0 Å². The van der Waals surface area contributed by atoms with Gasteiger partial charge in [0.15, 0.2) is 0 Å². The summed E-state index contributed by atoms with van der Waals surface area (Å²) in [4.78, 5) is 14.5. The van der Waals surface area contributed by atoms with Gasteiger partial charge in [-0.1, -0.05) is 11.8 Å². The van der Waals surface area contributed by atoms with Crippen molar-refractivity contribution in [1.29, 1.82) is 0 Å². The number of aliphatic carboxylic acids is 1. The second-order valence-electron chi connectivity index (χ2n) is 3.70. The molecule has 0 radical (unpaired) electrons. The number of thioether (sulfide) groups is 1. The van der Waals surface area contributed by atoms with Gasteiger partial charge in [0, 0.05) is 18.9 Å². The van der Waals surface area contributed by atoms with Crippen molar-refractivity contribution >= 4 is 17.7 Å². The Balaban J connectivity index is 2.03. The number of rotatable bonds is 6. The van der Waals surface area contributed by atoms with Gasteiger partial charge in [-0.15, -0.1) is 5.10 Å². The maximum Gasteiger partial charge on any atom is 0.313 e. The molecule has 2 aromatic heterocycles. The zero-order valence-electron chi connectivity index (χ0n) is 9.67. The van der Waals surface area contributed by atoms with E-state index in [2.05, 4.69) is 20.5 Å². The van der Waals surface area contributed by atoms with Crippen LogP contribution in [0.5, 0.6) is 0 Å². The van der Waals surface area contributed by atoms with Crippen LogP contribution in [0.3, 0.4) is 0 Å². The third kappa shape index (κ3) is 3.06. The van der Waals surface area contributed by atoms with Gasteiger partial charge >= 0.3 is 5.97 Å². The molecular weight excluding hydrogens is 256 g/mol. The first-order valence-electron chi connectivity index (χ1n) is 5.25. The van der Waals surface area contributed by atoms with E-state index in [1.165, 1.54) is 0 Å². The van der Waals surface area contributed by atoms with Crippen molar-refractivity contribution < 1.29 is 9.90 Å². The number of aromatic nitrogens is 6. The van der Waals surface area contributed by atoms with E-state index in [4.69, 9.17) is 5.11 Å². The number of carbonyl (C=O) groups is 1. The van der Waals surface area contributed by atoms with Crippen LogP contribution in [0, 0.1) is 0 Å². The van der Waals surface area contributed by atoms with Crippen LogP contribution < -0.4 is 0 Å². The molecule has 2 aromatic rings. The summed E-state index contributed by atoms with van der Waals surface area (Å²) in [6.07, 6.45) is 5.27. The number of carboxylic acids is 1. The van der Waals surface area contributed by atoms with Crippen molar-refractivity contribution in [1.82, 2.24) is 29.8 Å². The van der Waals surface area contributed by atoms with E-state index >= 15 is 0 Å². The van der Waals surface area contributed by atoms with Crippen molar-refractivity contribution in [2.24, 2.45) is 0 Å². The highest BCUT2D eigenvalue weighted by Crippen LogP contribution is 2.18. The second kappa shape index (κ2) is 5.63. The number of hydrogen-bond acceptors (Lipinski definition) is 6. The molecule has 0 aliphatic rings. The van der Waals surface area contributed by atoms with Gasteiger partial charge in [0.05, 0.1) is 18.1 Å². The van der Waals surface area contributed by atoms with Gasteiger partial charge < -0.3 is 9.67 Å². The summed E-state index contributed by atoms with van der Waals surface area (Å²) >= 11 is 1.11. The second-order valence-corrected chi connectivity index (χ2v) is 4.64. The summed E-state index contributed by atoms with van der Waals surface area (Å²) in [6, 6.07) is 0.0190. The fraction of sp³-hybridized carbons (Fsp3) is 0.444. The topological polar surface area (TPSA) is 98.7 Å². The van der Waals surface area contributed by atoms with Crippen LogP contribution in [0.15, 0.2) is 23.9 Å². The minimum Gasteiger partial charge on any atom is -0.481 e. The molecule has 96 valence electrons. The van der Waals surface area contributed by atoms with E-state index in [0.29, 0.717) is 11.7 Å². The minimum atomic E-state index is -0.892. The van der Waals surface area contributed by atoms with Crippen LogP contribution in [0.4, 0.5) is 0 Å². The summed E-state index contributed by atoms with van der Waals surface area (Å²) in [5.74, 6) is -0.949. The van der Waals surface area contributed by atoms with Gasteiger partial charge in [-0.05, 0) is 17.4 Å². The maximum absolute atomic E-state index is 10.5. The molecule has 2 rings (SSSR count). The van der Waals surface area contributed by atoms with E-state index in [0.717, 1.165) is 11.8 Å². The first-order valence-corrected chi connectivity index (χ1v) is 6.23. The standard InChI is InChI=1S/C9H12N6O2S/c1-7(4-14-3-2-10-6-14)15-9(11-12-13-15)18-5-8(16)17/h2-3,6-7H,4-5H2,1H3,(H,16,17). The molecule has 0 amide bonds. The van der Waals surface area contributed by atoms with Gasteiger partial charge in [-0.2, -0.15) is 0 Å². The van der Waals surface area contributed by atoms with Gasteiger partial charge in [-0.25, -0.2) is 9.67 Å². The Kier molecular flexibility index (Phi) is 3.92. The van der Waals surface area contributed by atoms with Crippen LogP contribution in [0.2, 0.25) is 0 Å². The summed E-state index contributed by atoms with van der Waals surface area (Å²) < 4.78 is 3.53. The molecule has 1 unspecified atom stereocenters. The average Bonchev–Trinajstić information content (AvgIpc) is 2.96. The molecule has 0 aromatic carbocycles. The third-order valence-corrected chi connectivity index (χ3v) is 3.16. The smallest absolute Gasteiger partial charge is 0.313 e. The number of imidazole rings is 1. The lowest BCUT2D eigenvalue weighted by Gasteiger charge is -2.13. The molecular formula is C9H12N6O2S. The minimum absolute atomic E-state index is 0.0190. The Bertz CT molecular complexity index is 511. The highest BCUT2D eigenvalue weighted by Gasteiger charge is 2.14. The van der Waals surface area contributed by atoms with Gasteiger partial charge in [0.25, 0.3) is 0 Å². The normalized spacial score (nSPS) is 12.5. The zero-order valence-corrected chi connectivity index (χ0v) is 10.5. The molecule has 0 aliphatic carbocycles. The highest BCUT2D eigenvalue weighted by molar-refractivity contribution is 7.99. The fourth-order valence-corrected chi connectivity index (χ4v) is 2.16. The highest BCUT2D eigenvalue weighted by atomic mass is 32.2.